The number of hydrogen-bond donors (Lipinski definition) is 1. The number of fused-ring (bicyclic) bond motifs is 1. The lowest BCUT2D eigenvalue weighted by Gasteiger charge is -2.24. The molecule has 0 fully saturated rings. The third-order valence-corrected chi connectivity index (χ3v) is 13.2. The molecule has 4 heteroatoms. The van der Waals surface area contributed by atoms with Crippen LogP contribution in [-0.4, -0.2) is 19.6 Å². The number of pyridine rings is 1. The summed E-state index contributed by atoms with van der Waals surface area (Å²) in [5.74, 6) is 1.20. The molecule has 67 heavy (non-hydrogen) atoms. The van der Waals surface area contributed by atoms with Gasteiger partial charge in [0.15, 0.2) is 0 Å². The Kier molecular flexibility index (Phi) is 10.9. The molecule has 2 aromatic heterocycles. The quantitative estimate of drug-likeness (QED) is 0.157. The number of hydrogen-bond acceptors (Lipinski definition) is 3. The summed E-state index contributed by atoms with van der Waals surface area (Å²) in [4.78, 5) is 10.6. The summed E-state index contributed by atoms with van der Waals surface area (Å²) in [5, 5.41) is 12.4. The fraction of sp³-hybridized carbons (Fsp3) is 0.238. The molecule has 0 spiro atoms. The van der Waals surface area contributed by atoms with Crippen LogP contribution in [0.5, 0.6) is 5.75 Å². The molecule has 0 unspecified atom stereocenters. The van der Waals surface area contributed by atoms with Crippen molar-refractivity contribution in [1.82, 2.24) is 14.5 Å². The SMILES string of the molecule is [2H]C([2H])([2H])c1ccc(-c2ccnc(-c3cc(-c4ccccc4)cc(-c4cccc5c4nc(-c4cc(C(C)C)cc(C(C)C)c4O)n5-c4ccc(C(C)(C)C)cc4-c4ccc(C(C)(C)C)cc4)c3)c2)cc1. The zero-order valence-corrected chi connectivity index (χ0v) is 40.5. The lowest BCUT2D eigenvalue weighted by molar-refractivity contribution is 0.466. The van der Waals surface area contributed by atoms with Gasteiger partial charge in [-0.1, -0.05) is 178 Å². The molecule has 0 aliphatic carbocycles. The van der Waals surface area contributed by atoms with Gasteiger partial charge in [-0.15, -0.1) is 0 Å². The number of imidazole rings is 1. The van der Waals surface area contributed by atoms with E-state index in [0.717, 1.165) is 83.6 Å². The number of aromatic nitrogens is 3. The maximum atomic E-state index is 12.4. The van der Waals surface area contributed by atoms with Gasteiger partial charge in [0.05, 0.1) is 28.0 Å². The first-order chi connectivity index (χ1) is 33.2. The van der Waals surface area contributed by atoms with Crippen LogP contribution in [0, 0.1) is 6.85 Å². The number of aryl methyl sites for hydroxylation is 1. The Morgan fingerprint density at radius 2 is 1.18 bits per heavy atom. The minimum atomic E-state index is -2.18. The Labute approximate surface area is 402 Å². The fourth-order valence-electron chi connectivity index (χ4n) is 9.12. The summed E-state index contributed by atoms with van der Waals surface area (Å²) in [6.07, 6.45) is 1.81. The van der Waals surface area contributed by atoms with Crippen LogP contribution in [0.2, 0.25) is 0 Å². The molecular weight excluding hydrogens is 815 g/mol. The Morgan fingerprint density at radius 1 is 0.522 bits per heavy atom. The van der Waals surface area contributed by atoms with E-state index >= 15 is 0 Å². The molecule has 0 aliphatic heterocycles. The van der Waals surface area contributed by atoms with Gasteiger partial charge in [0.1, 0.15) is 11.6 Å². The van der Waals surface area contributed by atoms with E-state index in [-0.39, 0.29) is 28.4 Å². The summed E-state index contributed by atoms with van der Waals surface area (Å²) in [6, 6.07) is 54.6. The number of aromatic hydroxyl groups is 1. The highest BCUT2D eigenvalue weighted by molar-refractivity contribution is 5.98. The first kappa shape index (κ1) is 41.4. The summed E-state index contributed by atoms with van der Waals surface area (Å²) in [6.45, 7) is 20.0. The average molecular weight is 881 g/mol. The van der Waals surface area contributed by atoms with E-state index in [9.17, 15) is 5.11 Å². The number of phenolic OH excluding ortho intramolecular Hbond substituents is 1. The van der Waals surface area contributed by atoms with Crippen LogP contribution in [0.15, 0.2) is 164 Å². The Hall–Kier alpha value is -7.04. The van der Waals surface area contributed by atoms with E-state index in [1.54, 1.807) is 12.1 Å². The van der Waals surface area contributed by atoms with Gasteiger partial charge < -0.3 is 5.11 Å². The number of nitrogens with zero attached hydrogens (tertiary/aromatic N) is 3. The average Bonchev–Trinajstić information content (AvgIpc) is 3.72. The zero-order valence-electron chi connectivity index (χ0n) is 43.5. The van der Waals surface area contributed by atoms with E-state index in [2.05, 4.69) is 195 Å². The van der Waals surface area contributed by atoms with Gasteiger partial charge in [-0.25, -0.2) is 4.98 Å². The van der Waals surface area contributed by atoms with Crippen molar-refractivity contribution in [2.24, 2.45) is 0 Å². The highest BCUT2D eigenvalue weighted by Crippen LogP contribution is 2.45. The fourth-order valence-corrected chi connectivity index (χ4v) is 9.12. The second-order valence-electron chi connectivity index (χ2n) is 20.7. The number of phenols is 1. The van der Waals surface area contributed by atoms with E-state index in [4.69, 9.17) is 14.1 Å². The van der Waals surface area contributed by atoms with Crippen LogP contribution < -0.4 is 0 Å². The minimum Gasteiger partial charge on any atom is -0.507 e. The standard InChI is InChI=1S/C63H63N3O/c1-39(2)46-35-53(40(3)4)60(67)55(36-46)61-65-59-52(18-15-19-58(59)66(61)57-29-28-51(63(9,10)11)38-54(57)44-24-26-50(27-25-44)62(6,7)8)48-32-47(42-16-13-12-14-17-42)33-49(34-48)56-37-45(30-31-64-56)43-22-20-41(5)21-23-43/h12-40,67H,1-11H3/i5D3. The predicted molar refractivity (Wildman–Crippen MR) is 283 cm³/mol. The highest BCUT2D eigenvalue weighted by atomic mass is 16.3. The van der Waals surface area contributed by atoms with E-state index in [1.165, 1.54) is 11.1 Å². The molecular formula is C63H63N3O. The van der Waals surface area contributed by atoms with Crippen LogP contribution in [0.4, 0.5) is 0 Å². The minimum absolute atomic E-state index is 0.00240. The van der Waals surface area contributed by atoms with Gasteiger partial charge >= 0.3 is 0 Å². The zero-order chi connectivity index (χ0) is 49.9. The van der Waals surface area contributed by atoms with Crippen LogP contribution in [-0.2, 0) is 10.8 Å². The predicted octanol–water partition coefficient (Wildman–Crippen LogP) is 17.3. The first-order valence-corrected chi connectivity index (χ1v) is 23.6. The number of rotatable bonds is 9. The summed E-state index contributed by atoms with van der Waals surface area (Å²) in [7, 11) is 0. The van der Waals surface area contributed by atoms with Gasteiger partial charge in [-0.3, -0.25) is 9.55 Å². The third-order valence-electron chi connectivity index (χ3n) is 13.2. The van der Waals surface area contributed by atoms with Crippen molar-refractivity contribution in [2.75, 3.05) is 0 Å². The molecule has 0 amide bonds. The molecule has 4 nitrogen and oxygen atoms in total. The van der Waals surface area contributed by atoms with Gasteiger partial charge in [0.25, 0.3) is 0 Å². The van der Waals surface area contributed by atoms with Crippen LogP contribution in [0.1, 0.15) is 113 Å². The number of benzene rings is 7. The van der Waals surface area contributed by atoms with Crippen molar-refractivity contribution >= 4 is 11.0 Å². The lowest BCUT2D eigenvalue weighted by atomic mass is 9.83. The van der Waals surface area contributed by atoms with Crippen molar-refractivity contribution in [3.8, 4) is 78.6 Å². The summed E-state index contributed by atoms with van der Waals surface area (Å²) in [5.41, 5.74) is 17.8. The van der Waals surface area contributed by atoms with Crippen LogP contribution in [0.3, 0.4) is 0 Å². The Balaban J connectivity index is 1.32. The van der Waals surface area contributed by atoms with Gasteiger partial charge in [0.2, 0.25) is 0 Å². The molecule has 2 heterocycles. The van der Waals surface area contributed by atoms with Gasteiger partial charge in [-0.2, -0.15) is 0 Å². The van der Waals surface area contributed by atoms with Crippen LogP contribution >= 0.6 is 0 Å². The normalized spacial score (nSPS) is 13.0. The maximum Gasteiger partial charge on any atom is 0.149 e. The van der Waals surface area contributed by atoms with Crippen molar-refractivity contribution in [1.29, 1.82) is 0 Å². The highest BCUT2D eigenvalue weighted by Gasteiger charge is 2.27. The topological polar surface area (TPSA) is 50.9 Å². The lowest BCUT2D eigenvalue weighted by Crippen LogP contribution is -2.12. The van der Waals surface area contributed by atoms with Crippen molar-refractivity contribution in [2.45, 2.75) is 98.8 Å². The maximum absolute atomic E-state index is 12.4. The molecule has 1 N–H and O–H groups in total. The largest absolute Gasteiger partial charge is 0.507 e. The monoisotopic (exact) mass is 881 g/mol. The van der Waals surface area contributed by atoms with E-state index in [0.29, 0.717) is 17.0 Å². The second-order valence-corrected chi connectivity index (χ2v) is 20.7. The van der Waals surface area contributed by atoms with E-state index < -0.39 is 6.85 Å². The molecule has 7 aromatic carbocycles. The summed E-state index contributed by atoms with van der Waals surface area (Å²) < 4.78 is 25.9. The van der Waals surface area contributed by atoms with Crippen molar-refractivity contribution in [3.63, 3.8) is 0 Å². The molecule has 0 saturated carbocycles. The smallest absolute Gasteiger partial charge is 0.149 e. The second kappa shape index (κ2) is 17.6. The summed E-state index contributed by atoms with van der Waals surface area (Å²) >= 11 is 0. The third kappa shape index (κ3) is 8.98. The molecule has 0 atom stereocenters. The van der Waals surface area contributed by atoms with Crippen molar-refractivity contribution < 1.29 is 9.22 Å². The molecule has 0 saturated heterocycles. The molecule has 0 aliphatic rings. The van der Waals surface area contributed by atoms with Crippen LogP contribution in [0.25, 0.3) is 83.9 Å². The molecule has 0 radical (unpaired) electrons. The Bertz CT molecular complexity index is 3370. The molecule has 336 valence electrons. The number of para-hydroxylation sites is 1. The Morgan fingerprint density at radius 3 is 1.85 bits per heavy atom. The van der Waals surface area contributed by atoms with Crippen molar-refractivity contribution in [3.05, 3.63) is 192 Å². The molecule has 9 aromatic rings. The first-order valence-electron chi connectivity index (χ1n) is 25.1. The van der Waals surface area contributed by atoms with Gasteiger partial charge in [0, 0.05) is 27.0 Å². The molecule has 9 rings (SSSR count). The van der Waals surface area contributed by atoms with E-state index in [1.807, 2.05) is 30.5 Å². The van der Waals surface area contributed by atoms with Gasteiger partial charge in [-0.05, 0) is 140 Å². The molecule has 0 bridgehead atoms.